The van der Waals surface area contributed by atoms with Crippen molar-refractivity contribution in [3.8, 4) is 17.9 Å². The molecule has 0 saturated carbocycles. The zero-order valence-electron chi connectivity index (χ0n) is 8.33. The third-order valence-corrected chi connectivity index (χ3v) is 1.83. The summed E-state index contributed by atoms with van der Waals surface area (Å²) in [6.07, 6.45) is 8.17. The summed E-state index contributed by atoms with van der Waals surface area (Å²) in [4.78, 5) is 11.7. The van der Waals surface area contributed by atoms with Gasteiger partial charge in [0.2, 0.25) is 0 Å². The van der Waals surface area contributed by atoms with Gasteiger partial charge in [-0.05, 0) is 5.92 Å². The molecule has 2 heterocycles. The summed E-state index contributed by atoms with van der Waals surface area (Å²) in [7, 11) is 0. The zero-order valence-corrected chi connectivity index (χ0v) is 8.33. The van der Waals surface area contributed by atoms with Gasteiger partial charge in [-0.25, -0.2) is 15.0 Å². The Morgan fingerprint density at radius 1 is 1.19 bits per heavy atom. The van der Waals surface area contributed by atoms with Crippen LogP contribution in [0.5, 0.6) is 0 Å². The molecule has 0 aliphatic carbocycles. The molecule has 0 saturated heterocycles. The van der Waals surface area contributed by atoms with E-state index >= 15 is 0 Å². The van der Waals surface area contributed by atoms with Crippen molar-refractivity contribution in [2.45, 2.75) is 6.54 Å². The Balaban J connectivity index is 2.16. The lowest BCUT2D eigenvalue weighted by molar-refractivity contribution is 0.839. The molecule has 0 atom stereocenters. The molecular formula is C11H7N5. The average Bonchev–Trinajstić information content (AvgIpc) is 2.83. The standard InChI is InChI=1S/C11H7N5/c12-8-11-10(14-3-4-15-11)2-1-6-16-7-5-13-9-16/h3-5,7,9H,6H2. The highest BCUT2D eigenvalue weighted by molar-refractivity contribution is 5.37. The van der Waals surface area contributed by atoms with Gasteiger partial charge in [0.25, 0.3) is 0 Å². The first kappa shape index (κ1) is 9.88. The van der Waals surface area contributed by atoms with Gasteiger partial charge >= 0.3 is 0 Å². The minimum absolute atomic E-state index is 0.251. The molecule has 0 unspecified atom stereocenters. The van der Waals surface area contributed by atoms with Crippen LogP contribution in [0, 0.1) is 23.2 Å². The molecule has 76 valence electrons. The third kappa shape index (κ3) is 2.23. The van der Waals surface area contributed by atoms with Crippen molar-refractivity contribution >= 4 is 0 Å². The van der Waals surface area contributed by atoms with E-state index in [1.165, 1.54) is 12.4 Å². The van der Waals surface area contributed by atoms with Crippen molar-refractivity contribution in [3.05, 3.63) is 42.5 Å². The van der Waals surface area contributed by atoms with Gasteiger partial charge in [0.15, 0.2) is 5.69 Å². The van der Waals surface area contributed by atoms with Crippen molar-refractivity contribution in [3.63, 3.8) is 0 Å². The minimum atomic E-state index is 0.251. The molecule has 5 heteroatoms. The Labute approximate surface area is 92.4 Å². The first-order chi connectivity index (χ1) is 7.90. The van der Waals surface area contributed by atoms with Crippen LogP contribution in [0.1, 0.15) is 11.4 Å². The zero-order chi connectivity index (χ0) is 11.2. The highest BCUT2D eigenvalue weighted by Crippen LogP contribution is 1.96. The summed E-state index contributed by atoms with van der Waals surface area (Å²) in [6, 6.07) is 1.94. The van der Waals surface area contributed by atoms with Gasteiger partial charge in [0.05, 0.1) is 12.9 Å². The number of hydrogen-bond acceptors (Lipinski definition) is 4. The SMILES string of the molecule is N#Cc1nccnc1C#CCn1ccnc1. The lowest BCUT2D eigenvalue weighted by Gasteiger charge is -1.92. The molecule has 2 rings (SSSR count). The number of nitrogens with zero attached hydrogens (tertiary/aromatic N) is 5. The van der Waals surface area contributed by atoms with E-state index < -0.39 is 0 Å². The number of aromatic nitrogens is 4. The molecule has 16 heavy (non-hydrogen) atoms. The molecule has 0 N–H and O–H groups in total. The lowest BCUT2D eigenvalue weighted by atomic mass is 10.3. The molecular weight excluding hydrogens is 202 g/mol. The van der Waals surface area contributed by atoms with Crippen molar-refractivity contribution in [1.29, 1.82) is 5.26 Å². The lowest BCUT2D eigenvalue weighted by Crippen LogP contribution is -1.93. The second-order valence-corrected chi connectivity index (χ2v) is 2.90. The van der Waals surface area contributed by atoms with Crippen LogP contribution in [-0.2, 0) is 6.54 Å². The molecule has 0 spiro atoms. The number of rotatable bonds is 1. The molecule has 0 aliphatic heterocycles. The summed E-state index contributed by atoms with van der Waals surface area (Å²) < 4.78 is 1.83. The molecule has 5 nitrogen and oxygen atoms in total. The summed E-state index contributed by atoms with van der Waals surface area (Å²) in [5.41, 5.74) is 0.658. The summed E-state index contributed by atoms with van der Waals surface area (Å²) in [6.45, 7) is 0.515. The van der Waals surface area contributed by atoms with E-state index in [4.69, 9.17) is 5.26 Å². The minimum Gasteiger partial charge on any atom is -0.326 e. The predicted molar refractivity (Wildman–Crippen MR) is 55.9 cm³/mol. The maximum atomic E-state index is 8.77. The molecule has 2 aromatic heterocycles. The van der Waals surface area contributed by atoms with Gasteiger partial charge in [0, 0.05) is 24.8 Å². The van der Waals surface area contributed by atoms with E-state index in [-0.39, 0.29) is 5.69 Å². The van der Waals surface area contributed by atoms with Crippen LogP contribution in [0.15, 0.2) is 31.1 Å². The van der Waals surface area contributed by atoms with E-state index in [0.717, 1.165) is 0 Å². The van der Waals surface area contributed by atoms with Crippen molar-refractivity contribution in [1.82, 2.24) is 19.5 Å². The van der Waals surface area contributed by atoms with Crippen LogP contribution in [0.3, 0.4) is 0 Å². The van der Waals surface area contributed by atoms with Crippen LogP contribution >= 0.6 is 0 Å². The van der Waals surface area contributed by atoms with E-state index in [0.29, 0.717) is 12.2 Å². The topological polar surface area (TPSA) is 67.4 Å². The van der Waals surface area contributed by atoms with Gasteiger partial charge in [-0.15, -0.1) is 0 Å². The highest BCUT2D eigenvalue weighted by atomic mass is 15.0. The van der Waals surface area contributed by atoms with Gasteiger partial charge in [-0.3, -0.25) is 0 Å². The van der Waals surface area contributed by atoms with Crippen molar-refractivity contribution < 1.29 is 0 Å². The Morgan fingerprint density at radius 3 is 2.69 bits per heavy atom. The van der Waals surface area contributed by atoms with E-state index in [2.05, 4.69) is 26.8 Å². The smallest absolute Gasteiger partial charge is 0.174 e. The van der Waals surface area contributed by atoms with Crippen molar-refractivity contribution in [2.75, 3.05) is 0 Å². The fraction of sp³-hybridized carbons (Fsp3) is 0.0909. The number of imidazole rings is 1. The largest absolute Gasteiger partial charge is 0.326 e. The fourth-order valence-corrected chi connectivity index (χ4v) is 1.11. The van der Waals surface area contributed by atoms with E-state index in [1.807, 2.05) is 16.8 Å². The van der Waals surface area contributed by atoms with Gasteiger partial charge in [0.1, 0.15) is 11.8 Å². The summed E-state index contributed by atoms with van der Waals surface area (Å²) >= 11 is 0. The first-order valence-corrected chi connectivity index (χ1v) is 4.56. The van der Waals surface area contributed by atoms with Crippen LogP contribution in [0.25, 0.3) is 0 Å². The number of hydrogen-bond donors (Lipinski definition) is 0. The Morgan fingerprint density at radius 2 is 2.00 bits per heavy atom. The van der Waals surface area contributed by atoms with Crippen LogP contribution in [-0.4, -0.2) is 19.5 Å². The maximum absolute atomic E-state index is 8.77. The molecule has 0 aromatic carbocycles. The molecule has 0 bridgehead atoms. The van der Waals surface area contributed by atoms with E-state index in [9.17, 15) is 0 Å². The summed E-state index contributed by atoms with van der Waals surface area (Å²) in [5.74, 6) is 5.71. The fourth-order valence-electron chi connectivity index (χ4n) is 1.11. The molecule has 0 amide bonds. The second-order valence-electron chi connectivity index (χ2n) is 2.90. The van der Waals surface area contributed by atoms with E-state index in [1.54, 1.807) is 12.5 Å². The molecule has 2 aromatic rings. The Bertz CT molecular complexity index is 568. The molecule has 0 radical (unpaired) electrons. The van der Waals surface area contributed by atoms with Gasteiger partial charge in [-0.1, -0.05) is 5.92 Å². The summed E-state index contributed by atoms with van der Waals surface area (Å²) in [5, 5.41) is 8.77. The van der Waals surface area contributed by atoms with Gasteiger partial charge < -0.3 is 4.57 Å². The monoisotopic (exact) mass is 209 g/mol. The predicted octanol–water partition coefficient (Wildman–Crippen LogP) is 0.596. The van der Waals surface area contributed by atoms with Gasteiger partial charge in [-0.2, -0.15) is 5.26 Å². The number of nitriles is 1. The van der Waals surface area contributed by atoms with Crippen LogP contribution in [0.2, 0.25) is 0 Å². The third-order valence-electron chi connectivity index (χ3n) is 1.83. The maximum Gasteiger partial charge on any atom is 0.174 e. The van der Waals surface area contributed by atoms with Crippen LogP contribution in [0.4, 0.5) is 0 Å². The quantitative estimate of drug-likeness (QED) is 0.645. The second kappa shape index (κ2) is 4.72. The Hall–Kier alpha value is -2.66. The molecule has 0 aliphatic rings. The van der Waals surface area contributed by atoms with Crippen LogP contribution < -0.4 is 0 Å². The Kier molecular flexibility index (Phi) is 2.91. The van der Waals surface area contributed by atoms with Crippen molar-refractivity contribution in [2.24, 2.45) is 0 Å². The average molecular weight is 209 g/mol. The normalized spacial score (nSPS) is 8.94. The molecule has 0 fully saturated rings. The first-order valence-electron chi connectivity index (χ1n) is 4.56. The highest BCUT2D eigenvalue weighted by Gasteiger charge is 1.98.